The molecule has 3 aromatic rings. The molecule has 0 atom stereocenters. The number of nitrogens with one attached hydrogen (secondary N) is 1. The van der Waals surface area contributed by atoms with Crippen molar-refractivity contribution in [2.24, 2.45) is 0 Å². The highest BCUT2D eigenvalue weighted by molar-refractivity contribution is 7.90. The number of aromatic nitrogens is 2. The van der Waals surface area contributed by atoms with E-state index in [2.05, 4.69) is 14.7 Å². The minimum absolute atomic E-state index is 0.0286. The molecule has 170 valence electrons. The number of benzene rings is 2. The molecule has 0 saturated heterocycles. The molecule has 0 radical (unpaired) electrons. The van der Waals surface area contributed by atoms with Gasteiger partial charge in [-0.25, -0.2) is 8.42 Å². The predicted molar refractivity (Wildman–Crippen MR) is 124 cm³/mol. The first-order valence-corrected chi connectivity index (χ1v) is 12.2. The standard InChI is InChI=1S/C22H20N4O5S2/c1-14-6-4-5-7-16(14)13-31-18-9-8-15(11-19(18)30-2)10-17(12-23)20(27)24-21-25-22(26-32-21)33(3,28)29/h4-11H,13H2,1-3H3,(H,24,25,26,27). The van der Waals surface area contributed by atoms with Gasteiger partial charge in [-0.2, -0.15) is 14.6 Å². The number of methoxy groups -OCH3 is 1. The number of ether oxygens (including phenoxy) is 2. The smallest absolute Gasteiger partial charge is 0.268 e. The molecule has 0 aliphatic heterocycles. The maximum Gasteiger partial charge on any atom is 0.268 e. The lowest BCUT2D eigenvalue weighted by Crippen LogP contribution is -2.13. The van der Waals surface area contributed by atoms with Crippen molar-refractivity contribution < 1.29 is 22.7 Å². The van der Waals surface area contributed by atoms with Crippen LogP contribution in [0.4, 0.5) is 5.13 Å². The number of aryl methyl sites for hydroxylation is 1. The van der Waals surface area contributed by atoms with E-state index in [0.717, 1.165) is 17.4 Å². The van der Waals surface area contributed by atoms with Crippen LogP contribution in [0, 0.1) is 18.3 Å². The van der Waals surface area contributed by atoms with Crippen LogP contribution in [0.5, 0.6) is 11.5 Å². The van der Waals surface area contributed by atoms with E-state index in [1.54, 1.807) is 18.2 Å². The summed E-state index contributed by atoms with van der Waals surface area (Å²) in [4.78, 5) is 16.2. The van der Waals surface area contributed by atoms with Gasteiger partial charge in [0.2, 0.25) is 15.0 Å². The number of amides is 1. The topological polar surface area (TPSA) is 131 Å². The third-order valence-electron chi connectivity index (χ3n) is 4.47. The van der Waals surface area contributed by atoms with Crippen LogP contribution in [0.1, 0.15) is 16.7 Å². The summed E-state index contributed by atoms with van der Waals surface area (Å²) < 4.78 is 37.9. The molecule has 1 heterocycles. The molecule has 1 amide bonds. The molecule has 0 saturated carbocycles. The minimum atomic E-state index is -3.60. The Bertz CT molecular complexity index is 1360. The number of carbonyl (C=O) groups excluding carboxylic acids is 1. The van der Waals surface area contributed by atoms with Gasteiger partial charge in [0.25, 0.3) is 11.1 Å². The second-order valence-corrected chi connectivity index (χ2v) is 9.56. The molecule has 0 aliphatic rings. The van der Waals surface area contributed by atoms with Gasteiger partial charge in [-0.15, -0.1) is 0 Å². The maximum absolute atomic E-state index is 12.5. The fourth-order valence-electron chi connectivity index (χ4n) is 2.71. The van der Waals surface area contributed by atoms with E-state index in [0.29, 0.717) is 35.2 Å². The Hall–Kier alpha value is -3.75. The van der Waals surface area contributed by atoms with E-state index >= 15 is 0 Å². The first kappa shape index (κ1) is 23.9. The van der Waals surface area contributed by atoms with Crippen molar-refractivity contribution in [2.75, 3.05) is 18.7 Å². The van der Waals surface area contributed by atoms with Crippen molar-refractivity contribution in [3.8, 4) is 17.6 Å². The second-order valence-electron chi connectivity index (χ2n) is 6.90. The highest BCUT2D eigenvalue weighted by Crippen LogP contribution is 2.30. The van der Waals surface area contributed by atoms with Gasteiger partial charge in [0.15, 0.2) is 11.5 Å². The zero-order chi connectivity index (χ0) is 24.0. The fourth-order valence-corrected chi connectivity index (χ4v) is 4.15. The number of carbonyl (C=O) groups is 1. The quantitative estimate of drug-likeness (QED) is 0.380. The zero-order valence-corrected chi connectivity index (χ0v) is 19.7. The SMILES string of the molecule is COc1cc(C=C(C#N)C(=O)Nc2nc(S(C)(=O)=O)ns2)ccc1OCc1ccccc1C. The molecule has 0 aliphatic carbocycles. The average Bonchev–Trinajstić information content (AvgIpc) is 3.26. The van der Waals surface area contributed by atoms with Crippen molar-refractivity contribution in [3.63, 3.8) is 0 Å². The van der Waals surface area contributed by atoms with E-state index < -0.39 is 20.9 Å². The third kappa shape index (κ3) is 6.15. The molecule has 0 spiro atoms. The van der Waals surface area contributed by atoms with Crippen molar-refractivity contribution in [2.45, 2.75) is 18.7 Å². The zero-order valence-electron chi connectivity index (χ0n) is 18.0. The van der Waals surface area contributed by atoms with Crippen LogP contribution < -0.4 is 14.8 Å². The number of nitrogens with zero attached hydrogens (tertiary/aromatic N) is 3. The highest BCUT2D eigenvalue weighted by Gasteiger charge is 2.17. The molecule has 9 nitrogen and oxygen atoms in total. The number of hydrogen-bond donors (Lipinski definition) is 1. The van der Waals surface area contributed by atoms with E-state index in [4.69, 9.17) is 9.47 Å². The van der Waals surface area contributed by atoms with Crippen molar-refractivity contribution in [3.05, 3.63) is 64.7 Å². The average molecular weight is 485 g/mol. The summed E-state index contributed by atoms with van der Waals surface area (Å²) in [5.74, 6) is 0.215. The number of sulfone groups is 1. The van der Waals surface area contributed by atoms with Gasteiger partial charge in [-0.05, 0) is 41.8 Å². The molecule has 11 heteroatoms. The lowest BCUT2D eigenvalue weighted by Gasteiger charge is -2.12. The van der Waals surface area contributed by atoms with Crippen LogP contribution in [-0.4, -0.2) is 37.0 Å². The Kier molecular flexibility index (Phi) is 7.42. The summed E-state index contributed by atoms with van der Waals surface area (Å²) in [6, 6.07) is 14.7. The van der Waals surface area contributed by atoms with E-state index in [-0.39, 0.29) is 10.7 Å². The Morgan fingerprint density at radius 3 is 2.64 bits per heavy atom. The molecule has 3 rings (SSSR count). The first-order chi connectivity index (χ1) is 15.7. The molecule has 1 aromatic heterocycles. The van der Waals surface area contributed by atoms with Crippen molar-refractivity contribution in [1.82, 2.24) is 9.36 Å². The van der Waals surface area contributed by atoms with Gasteiger partial charge in [0.1, 0.15) is 18.2 Å². The lowest BCUT2D eigenvalue weighted by molar-refractivity contribution is -0.112. The van der Waals surface area contributed by atoms with E-state index in [9.17, 15) is 18.5 Å². The third-order valence-corrected chi connectivity index (χ3v) is 6.06. The van der Waals surface area contributed by atoms with Gasteiger partial charge in [0, 0.05) is 17.8 Å². The van der Waals surface area contributed by atoms with Crippen LogP contribution >= 0.6 is 11.5 Å². The molecular weight excluding hydrogens is 464 g/mol. The van der Waals surface area contributed by atoms with Gasteiger partial charge in [0.05, 0.1) is 7.11 Å². The number of hydrogen-bond acceptors (Lipinski definition) is 9. The van der Waals surface area contributed by atoms with Crippen LogP contribution in [-0.2, 0) is 21.2 Å². The summed E-state index contributed by atoms with van der Waals surface area (Å²) >= 11 is 0.706. The Morgan fingerprint density at radius 2 is 2.00 bits per heavy atom. The van der Waals surface area contributed by atoms with E-state index in [1.807, 2.05) is 37.3 Å². The Morgan fingerprint density at radius 1 is 1.24 bits per heavy atom. The van der Waals surface area contributed by atoms with Gasteiger partial charge in [-0.3, -0.25) is 10.1 Å². The minimum Gasteiger partial charge on any atom is -0.493 e. The Labute approximate surface area is 195 Å². The predicted octanol–water partition coefficient (Wildman–Crippen LogP) is 3.38. The highest BCUT2D eigenvalue weighted by atomic mass is 32.2. The molecule has 0 fully saturated rings. The van der Waals surface area contributed by atoms with Crippen LogP contribution in [0.15, 0.2) is 53.2 Å². The van der Waals surface area contributed by atoms with Crippen LogP contribution in [0.2, 0.25) is 0 Å². The normalized spacial score (nSPS) is 11.5. The fraction of sp³-hybridized carbons (Fsp3) is 0.182. The summed E-state index contributed by atoms with van der Waals surface area (Å²) in [7, 11) is -2.10. The summed E-state index contributed by atoms with van der Waals surface area (Å²) in [5, 5.41) is 11.4. The van der Waals surface area contributed by atoms with Crippen molar-refractivity contribution in [1.29, 1.82) is 5.26 Å². The summed E-state index contributed by atoms with van der Waals surface area (Å²) in [5.41, 5.74) is 2.49. The lowest BCUT2D eigenvalue weighted by atomic mass is 10.1. The number of anilines is 1. The second kappa shape index (κ2) is 10.2. The number of rotatable bonds is 8. The number of nitriles is 1. The molecule has 33 heavy (non-hydrogen) atoms. The van der Waals surface area contributed by atoms with Crippen molar-refractivity contribution >= 4 is 38.5 Å². The molecule has 0 bridgehead atoms. The Balaban J connectivity index is 1.76. The van der Waals surface area contributed by atoms with E-state index in [1.165, 1.54) is 13.2 Å². The molecule has 2 aromatic carbocycles. The molecular formula is C22H20N4O5S2. The largest absolute Gasteiger partial charge is 0.493 e. The van der Waals surface area contributed by atoms with Crippen LogP contribution in [0.3, 0.4) is 0 Å². The summed E-state index contributed by atoms with van der Waals surface area (Å²) in [6.45, 7) is 2.36. The molecule has 1 N–H and O–H groups in total. The monoisotopic (exact) mass is 484 g/mol. The van der Waals surface area contributed by atoms with Gasteiger partial charge in [-0.1, -0.05) is 30.3 Å². The van der Waals surface area contributed by atoms with Gasteiger partial charge < -0.3 is 9.47 Å². The summed E-state index contributed by atoms with van der Waals surface area (Å²) in [6.07, 6.45) is 2.34. The maximum atomic E-state index is 12.5. The first-order valence-electron chi connectivity index (χ1n) is 9.53. The van der Waals surface area contributed by atoms with Gasteiger partial charge >= 0.3 is 0 Å². The van der Waals surface area contributed by atoms with Crippen LogP contribution in [0.25, 0.3) is 6.08 Å². The molecule has 0 unspecified atom stereocenters.